The molecule has 1 N–H and O–H groups in total. The van der Waals surface area contributed by atoms with E-state index < -0.39 is 0 Å². The number of rotatable bonds is 10. The number of nitrogens with one attached hydrogen (secondary N) is 1. The zero-order valence-corrected chi connectivity index (χ0v) is 26.7. The van der Waals surface area contributed by atoms with E-state index >= 15 is 0 Å². The molecule has 8 rings (SSSR count). The Morgan fingerprint density at radius 3 is 2.22 bits per heavy atom. The molecule has 3 aromatic carbocycles. The minimum Gasteiger partial charge on any atom is -0.494 e. The summed E-state index contributed by atoms with van der Waals surface area (Å²) in [5, 5.41) is 3.31. The highest BCUT2D eigenvalue weighted by Crippen LogP contribution is 2.59. The fourth-order valence-electron chi connectivity index (χ4n) is 9.25. The average molecular weight is 606 g/mol. The lowest BCUT2D eigenvalue weighted by Gasteiger charge is -2.56. The van der Waals surface area contributed by atoms with Gasteiger partial charge in [-0.05, 0) is 128 Å². The largest absolute Gasteiger partial charge is 0.494 e. The number of amides is 2. The number of piperazine rings is 1. The first kappa shape index (κ1) is 29.9. The first-order valence-corrected chi connectivity index (χ1v) is 17.2. The molecule has 5 aliphatic rings. The predicted molar refractivity (Wildman–Crippen MR) is 180 cm³/mol. The van der Waals surface area contributed by atoms with Crippen molar-refractivity contribution in [1.29, 1.82) is 0 Å². The maximum Gasteiger partial charge on any atom is 0.251 e. The van der Waals surface area contributed by atoms with Crippen LogP contribution in [0, 0.1) is 23.2 Å². The van der Waals surface area contributed by atoms with Gasteiger partial charge in [-0.1, -0.05) is 36.4 Å². The Morgan fingerprint density at radius 1 is 0.844 bits per heavy atom. The molecule has 5 fully saturated rings. The number of hydrogen-bond donors (Lipinski definition) is 1. The van der Waals surface area contributed by atoms with Crippen molar-refractivity contribution >= 4 is 17.5 Å². The Balaban J connectivity index is 0.889. The Bertz CT molecular complexity index is 1470. The summed E-state index contributed by atoms with van der Waals surface area (Å²) < 4.78 is 5.71. The lowest BCUT2D eigenvalue weighted by atomic mass is 9.49. The fraction of sp³-hybridized carbons (Fsp3) is 0.487. The van der Waals surface area contributed by atoms with Crippen molar-refractivity contribution in [3.63, 3.8) is 0 Å². The van der Waals surface area contributed by atoms with Crippen LogP contribution >= 0.6 is 0 Å². The Morgan fingerprint density at radius 2 is 1.53 bits per heavy atom. The van der Waals surface area contributed by atoms with Gasteiger partial charge in [0.05, 0.1) is 6.61 Å². The lowest BCUT2D eigenvalue weighted by molar-refractivity contribution is -0.131. The predicted octanol–water partition coefficient (Wildman–Crippen LogP) is 6.98. The highest BCUT2D eigenvalue weighted by Gasteiger charge is 2.50. The Labute approximate surface area is 268 Å². The summed E-state index contributed by atoms with van der Waals surface area (Å²) in [6, 6.07) is 24.6. The van der Waals surface area contributed by atoms with Crippen molar-refractivity contribution in [2.45, 2.75) is 58.3 Å². The van der Waals surface area contributed by atoms with Gasteiger partial charge in [-0.15, -0.1) is 0 Å². The third-order valence-electron chi connectivity index (χ3n) is 11.0. The van der Waals surface area contributed by atoms with Crippen LogP contribution in [0.2, 0.25) is 0 Å². The van der Waals surface area contributed by atoms with E-state index in [1.165, 1.54) is 44.1 Å². The van der Waals surface area contributed by atoms with Gasteiger partial charge in [0.1, 0.15) is 5.75 Å². The van der Waals surface area contributed by atoms with E-state index in [2.05, 4.69) is 52.7 Å². The van der Waals surface area contributed by atoms with Crippen LogP contribution in [0.3, 0.4) is 0 Å². The summed E-state index contributed by atoms with van der Waals surface area (Å²) in [6.07, 6.45) is 9.41. The molecule has 6 heteroatoms. The van der Waals surface area contributed by atoms with Gasteiger partial charge in [-0.25, -0.2) is 0 Å². The molecule has 1 saturated heterocycles. The Kier molecular flexibility index (Phi) is 8.57. The van der Waals surface area contributed by atoms with E-state index in [0.717, 1.165) is 65.5 Å². The first-order valence-electron chi connectivity index (χ1n) is 17.2. The smallest absolute Gasteiger partial charge is 0.251 e. The number of nitrogens with zero attached hydrogens (tertiary/aromatic N) is 2. The molecular weight excluding hydrogens is 558 g/mol. The van der Waals surface area contributed by atoms with E-state index in [4.69, 9.17) is 4.74 Å². The topological polar surface area (TPSA) is 61.9 Å². The van der Waals surface area contributed by atoms with Crippen LogP contribution in [0.4, 0.5) is 5.69 Å². The number of anilines is 1. The van der Waals surface area contributed by atoms with Crippen molar-refractivity contribution in [2.75, 3.05) is 44.2 Å². The van der Waals surface area contributed by atoms with Gasteiger partial charge in [0, 0.05) is 50.4 Å². The molecular formula is C39H47N3O3. The molecule has 4 bridgehead atoms. The van der Waals surface area contributed by atoms with Crippen LogP contribution in [0.25, 0.3) is 11.1 Å². The third-order valence-corrected chi connectivity index (χ3v) is 11.0. The molecule has 4 aliphatic carbocycles. The van der Waals surface area contributed by atoms with Crippen molar-refractivity contribution in [3.8, 4) is 16.9 Å². The molecule has 4 saturated carbocycles. The molecule has 0 aromatic heterocycles. The van der Waals surface area contributed by atoms with E-state index in [9.17, 15) is 9.59 Å². The number of aryl methyl sites for hydroxylation is 1. The molecule has 236 valence electrons. The highest BCUT2D eigenvalue weighted by molar-refractivity contribution is 5.94. The fourth-order valence-corrected chi connectivity index (χ4v) is 9.25. The van der Waals surface area contributed by atoms with Gasteiger partial charge in [0.25, 0.3) is 5.91 Å². The summed E-state index contributed by atoms with van der Waals surface area (Å²) in [5.41, 5.74) is 5.65. The summed E-state index contributed by atoms with van der Waals surface area (Å²) in [7, 11) is 0. The summed E-state index contributed by atoms with van der Waals surface area (Å²) in [5.74, 6) is 3.82. The lowest BCUT2D eigenvalue weighted by Crippen LogP contribution is -2.51. The van der Waals surface area contributed by atoms with Gasteiger partial charge in [-0.2, -0.15) is 0 Å². The standard InChI is InChI=1S/C39H47N3O3/c1-2-45-35-8-5-7-33(23-35)36-9-4-3-6-31(36)12-15-37(43)42-18-16-41(17-19-42)34-13-10-32(11-14-34)38(44)40-27-39-24-28-20-29(25-39)22-30(21-28)26-39/h3-11,13-14,23,28-30H,2,12,15-22,24-27H2,1H3,(H,40,44). The molecule has 0 radical (unpaired) electrons. The second-order valence-corrected chi connectivity index (χ2v) is 14.1. The zero-order valence-electron chi connectivity index (χ0n) is 26.7. The van der Waals surface area contributed by atoms with Gasteiger partial charge < -0.3 is 19.9 Å². The minimum atomic E-state index is 0.0521. The van der Waals surface area contributed by atoms with Gasteiger partial charge in [0.2, 0.25) is 5.91 Å². The monoisotopic (exact) mass is 605 g/mol. The summed E-state index contributed by atoms with van der Waals surface area (Å²) >= 11 is 0. The van der Waals surface area contributed by atoms with Crippen LogP contribution in [0.1, 0.15) is 67.8 Å². The zero-order chi connectivity index (χ0) is 30.8. The molecule has 0 spiro atoms. The molecule has 0 unspecified atom stereocenters. The summed E-state index contributed by atoms with van der Waals surface area (Å²) in [6.45, 7) is 6.48. The first-order chi connectivity index (χ1) is 22.0. The van der Waals surface area contributed by atoms with Crippen molar-refractivity contribution in [3.05, 3.63) is 83.9 Å². The molecule has 2 amide bonds. The molecule has 6 nitrogen and oxygen atoms in total. The number of carbonyl (C=O) groups is 2. The number of hydrogen-bond acceptors (Lipinski definition) is 4. The second-order valence-electron chi connectivity index (χ2n) is 14.1. The Hall–Kier alpha value is -3.80. The van der Waals surface area contributed by atoms with Gasteiger partial charge in [0.15, 0.2) is 0 Å². The van der Waals surface area contributed by atoms with Crippen molar-refractivity contribution in [2.24, 2.45) is 23.2 Å². The average Bonchev–Trinajstić information content (AvgIpc) is 3.06. The maximum atomic E-state index is 13.2. The molecule has 1 aliphatic heterocycles. The van der Waals surface area contributed by atoms with Crippen LogP contribution in [0.15, 0.2) is 72.8 Å². The number of carbonyl (C=O) groups excluding carboxylic acids is 2. The number of ether oxygens (including phenoxy) is 1. The molecule has 0 atom stereocenters. The maximum absolute atomic E-state index is 13.2. The van der Waals surface area contributed by atoms with Crippen LogP contribution in [0.5, 0.6) is 5.75 Å². The van der Waals surface area contributed by atoms with E-state index in [0.29, 0.717) is 38.0 Å². The second kappa shape index (κ2) is 12.9. The normalized spacial score (nSPS) is 25.3. The van der Waals surface area contributed by atoms with Gasteiger partial charge >= 0.3 is 0 Å². The third kappa shape index (κ3) is 6.61. The van der Waals surface area contributed by atoms with Crippen LogP contribution < -0.4 is 15.0 Å². The quantitative estimate of drug-likeness (QED) is 0.271. The molecule has 45 heavy (non-hydrogen) atoms. The number of benzene rings is 3. The van der Waals surface area contributed by atoms with Crippen LogP contribution in [-0.2, 0) is 11.2 Å². The van der Waals surface area contributed by atoms with Crippen molar-refractivity contribution in [1.82, 2.24) is 10.2 Å². The van der Waals surface area contributed by atoms with E-state index in [-0.39, 0.29) is 11.8 Å². The van der Waals surface area contributed by atoms with Gasteiger partial charge in [-0.3, -0.25) is 9.59 Å². The molecule has 3 aromatic rings. The molecule has 1 heterocycles. The minimum absolute atomic E-state index is 0.0521. The van der Waals surface area contributed by atoms with Crippen LogP contribution in [-0.4, -0.2) is 56.0 Å². The van der Waals surface area contributed by atoms with E-state index in [1.54, 1.807) is 0 Å². The van der Waals surface area contributed by atoms with Crippen molar-refractivity contribution < 1.29 is 14.3 Å². The van der Waals surface area contributed by atoms with E-state index in [1.807, 2.05) is 42.2 Å². The SMILES string of the molecule is CCOc1cccc(-c2ccccc2CCC(=O)N2CCN(c3ccc(C(=O)NCC45CC6CC(CC(C6)C4)C5)cc3)CC2)c1. The highest BCUT2D eigenvalue weighted by atomic mass is 16.5. The summed E-state index contributed by atoms with van der Waals surface area (Å²) in [4.78, 5) is 30.6.